The van der Waals surface area contributed by atoms with Crippen LogP contribution in [0.4, 0.5) is 10.5 Å². The normalized spacial score (nSPS) is 14.8. The van der Waals surface area contributed by atoms with Gasteiger partial charge in [0.05, 0.1) is 6.20 Å². The highest BCUT2D eigenvalue weighted by Gasteiger charge is 2.26. The second-order valence-corrected chi connectivity index (χ2v) is 6.99. The molecule has 0 bridgehead atoms. The number of aryl methyl sites for hydroxylation is 2. The highest BCUT2D eigenvalue weighted by molar-refractivity contribution is 5.90. The molecular weight excluding hydrogens is 342 g/mol. The molecule has 3 rings (SSSR count). The molecule has 0 saturated carbocycles. The number of H-pyrrole nitrogens is 1. The molecule has 0 radical (unpaired) electrons. The van der Waals surface area contributed by atoms with Crippen molar-refractivity contribution in [3.63, 3.8) is 0 Å². The van der Waals surface area contributed by atoms with Crippen molar-refractivity contribution in [2.24, 2.45) is 0 Å². The van der Waals surface area contributed by atoms with Crippen LogP contribution in [0.5, 0.6) is 0 Å². The molecule has 1 saturated heterocycles. The Morgan fingerprint density at radius 3 is 2.67 bits per heavy atom. The molecule has 144 valence electrons. The molecule has 1 aliphatic heterocycles. The molecule has 1 aromatic carbocycles. The number of aromatic nitrogens is 2. The second-order valence-electron chi connectivity index (χ2n) is 6.99. The summed E-state index contributed by atoms with van der Waals surface area (Å²) in [4.78, 5) is 26.1. The van der Waals surface area contributed by atoms with E-state index in [2.05, 4.69) is 27.8 Å². The Bertz CT molecular complexity index is 793. The smallest absolute Gasteiger partial charge is 0.321 e. The van der Waals surface area contributed by atoms with Gasteiger partial charge in [-0.2, -0.15) is 5.10 Å². The number of nitrogens with zero attached hydrogens (tertiary/aromatic N) is 2. The molecule has 2 heterocycles. The van der Waals surface area contributed by atoms with Gasteiger partial charge in [0.25, 0.3) is 0 Å². The lowest BCUT2D eigenvalue weighted by molar-refractivity contribution is -0.120. The third kappa shape index (κ3) is 4.67. The van der Waals surface area contributed by atoms with Crippen molar-refractivity contribution in [3.05, 3.63) is 47.3 Å². The van der Waals surface area contributed by atoms with Crippen LogP contribution in [0, 0.1) is 6.92 Å². The number of nitrogens with one attached hydrogen (secondary N) is 3. The average Bonchev–Trinajstić information content (AvgIpc) is 3.13. The fourth-order valence-electron chi connectivity index (χ4n) is 3.57. The first-order valence-electron chi connectivity index (χ1n) is 9.42. The topological polar surface area (TPSA) is 90.1 Å². The Balaban J connectivity index is 1.57. The van der Waals surface area contributed by atoms with Crippen molar-refractivity contribution in [1.82, 2.24) is 20.4 Å². The summed E-state index contributed by atoms with van der Waals surface area (Å²) in [7, 11) is 1.63. The van der Waals surface area contributed by atoms with E-state index in [0.717, 1.165) is 37.2 Å². The zero-order chi connectivity index (χ0) is 19.2. The number of hydrogen-bond acceptors (Lipinski definition) is 3. The van der Waals surface area contributed by atoms with Gasteiger partial charge in [0.15, 0.2) is 0 Å². The highest BCUT2D eigenvalue weighted by Crippen LogP contribution is 2.29. The first-order chi connectivity index (χ1) is 13.1. The lowest BCUT2D eigenvalue weighted by Gasteiger charge is -2.32. The Morgan fingerprint density at radius 2 is 2.00 bits per heavy atom. The summed E-state index contributed by atoms with van der Waals surface area (Å²) in [6.07, 6.45) is 4.70. The maximum absolute atomic E-state index is 12.7. The standard InChI is InChI=1S/C20H27N5O2/c1-14-13-22-24-19(14)16-9-11-25(12-10-16)20(27)23-17-6-4-3-5-15(17)7-8-18(26)21-2/h3-6,13,16H,7-12H2,1-2H3,(H,21,26)(H,22,24)(H,23,27). The van der Waals surface area contributed by atoms with Gasteiger partial charge in [-0.1, -0.05) is 18.2 Å². The van der Waals surface area contributed by atoms with Crippen molar-refractivity contribution in [2.45, 2.75) is 38.5 Å². The van der Waals surface area contributed by atoms with Crippen molar-refractivity contribution in [3.8, 4) is 0 Å². The van der Waals surface area contributed by atoms with Crippen LogP contribution in [-0.4, -0.2) is 47.2 Å². The van der Waals surface area contributed by atoms with E-state index in [1.807, 2.05) is 35.4 Å². The molecule has 0 spiro atoms. The van der Waals surface area contributed by atoms with Crippen LogP contribution in [0.1, 0.15) is 42.0 Å². The van der Waals surface area contributed by atoms with Crippen LogP contribution >= 0.6 is 0 Å². The van der Waals surface area contributed by atoms with E-state index in [9.17, 15) is 9.59 Å². The number of aromatic amines is 1. The first-order valence-corrected chi connectivity index (χ1v) is 9.42. The number of piperidine rings is 1. The number of urea groups is 1. The van der Waals surface area contributed by atoms with Crippen molar-refractivity contribution in [2.75, 3.05) is 25.5 Å². The summed E-state index contributed by atoms with van der Waals surface area (Å²) in [5.41, 5.74) is 4.12. The third-order valence-electron chi connectivity index (χ3n) is 5.22. The first kappa shape index (κ1) is 18.9. The largest absolute Gasteiger partial charge is 0.359 e. The minimum absolute atomic E-state index is 0.00713. The van der Waals surface area contributed by atoms with Gasteiger partial charge in [-0.3, -0.25) is 9.89 Å². The third-order valence-corrected chi connectivity index (χ3v) is 5.22. The Hall–Kier alpha value is -2.83. The molecule has 1 aliphatic rings. The van der Waals surface area contributed by atoms with Gasteiger partial charge in [0, 0.05) is 43.9 Å². The van der Waals surface area contributed by atoms with E-state index in [1.165, 1.54) is 11.3 Å². The number of likely N-dealkylation sites (tertiary alicyclic amines) is 1. The number of para-hydroxylation sites is 1. The van der Waals surface area contributed by atoms with E-state index in [1.54, 1.807) is 7.05 Å². The van der Waals surface area contributed by atoms with Crippen LogP contribution in [0.25, 0.3) is 0 Å². The Kier molecular flexibility index (Phi) is 6.11. The van der Waals surface area contributed by atoms with Crippen molar-refractivity contribution in [1.29, 1.82) is 0 Å². The summed E-state index contributed by atoms with van der Waals surface area (Å²) in [6, 6.07) is 7.57. The summed E-state index contributed by atoms with van der Waals surface area (Å²) < 4.78 is 0. The lowest BCUT2D eigenvalue weighted by Crippen LogP contribution is -2.40. The molecular formula is C20H27N5O2. The maximum atomic E-state index is 12.7. The summed E-state index contributed by atoms with van der Waals surface area (Å²) in [5, 5.41) is 12.8. The predicted molar refractivity (Wildman–Crippen MR) is 105 cm³/mol. The van der Waals surface area contributed by atoms with E-state index in [-0.39, 0.29) is 11.9 Å². The number of amides is 3. The predicted octanol–water partition coefficient (Wildman–Crippen LogP) is 2.81. The van der Waals surface area contributed by atoms with Crippen molar-refractivity contribution >= 4 is 17.6 Å². The molecule has 7 nitrogen and oxygen atoms in total. The highest BCUT2D eigenvalue weighted by atomic mass is 16.2. The molecule has 0 unspecified atom stereocenters. The molecule has 1 aromatic heterocycles. The zero-order valence-corrected chi connectivity index (χ0v) is 15.9. The Morgan fingerprint density at radius 1 is 1.26 bits per heavy atom. The van der Waals surface area contributed by atoms with Gasteiger partial charge < -0.3 is 15.5 Å². The fourth-order valence-corrected chi connectivity index (χ4v) is 3.57. The minimum Gasteiger partial charge on any atom is -0.359 e. The zero-order valence-electron chi connectivity index (χ0n) is 15.9. The number of carbonyl (C=O) groups excluding carboxylic acids is 2. The number of anilines is 1. The molecule has 2 aromatic rings. The number of carbonyl (C=O) groups is 2. The average molecular weight is 369 g/mol. The van der Waals surface area contributed by atoms with Gasteiger partial charge in [-0.05, 0) is 43.4 Å². The summed E-state index contributed by atoms with van der Waals surface area (Å²) in [5.74, 6) is 0.420. The van der Waals surface area contributed by atoms with Crippen LogP contribution in [0.2, 0.25) is 0 Å². The van der Waals surface area contributed by atoms with Gasteiger partial charge in [0.2, 0.25) is 5.91 Å². The van der Waals surface area contributed by atoms with Crippen LogP contribution in [0.15, 0.2) is 30.5 Å². The molecule has 3 N–H and O–H groups in total. The van der Waals surface area contributed by atoms with Crippen LogP contribution in [-0.2, 0) is 11.2 Å². The van der Waals surface area contributed by atoms with E-state index < -0.39 is 0 Å². The lowest BCUT2D eigenvalue weighted by atomic mass is 9.92. The minimum atomic E-state index is -0.0813. The van der Waals surface area contributed by atoms with E-state index in [4.69, 9.17) is 0 Å². The monoisotopic (exact) mass is 369 g/mol. The van der Waals surface area contributed by atoms with E-state index >= 15 is 0 Å². The van der Waals surface area contributed by atoms with Gasteiger partial charge in [-0.25, -0.2) is 4.79 Å². The molecule has 27 heavy (non-hydrogen) atoms. The fraction of sp³-hybridized carbons (Fsp3) is 0.450. The van der Waals surface area contributed by atoms with Gasteiger partial charge >= 0.3 is 6.03 Å². The number of rotatable bonds is 5. The van der Waals surface area contributed by atoms with Crippen LogP contribution in [0.3, 0.4) is 0 Å². The SMILES string of the molecule is CNC(=O)CCc1ccccc1NC(=O)N1CCC(c2[nH]ncc2C)CC1. The summed E-state index contributed by atoms with van der Waals surface area (Å²) >= 11 is 0. The van der Waals surface area contributed by atoms with Crippen LogP contribution < -0.4 is 10.6 Å². The number of hydrogen-bond donors (Lipinski definition) is 3. The second kappa shape index (κ2) is 8.70. The Labute approximate surface area is 159 Å². The maximum Gasteiger partial charge on any atom is 0.321 e. The molecule has 7 heteroatoms. The van der Waals surface area contributed by atoms with Gasteiger partial charge in [0.1, 0.15) is 0 Å². The van der Waals surface area contributed by atoms with E-state index in [0.29, 0.717) is 18.8 Å². The molecule has 0 aliphatic carbocycles. The molecule has 0 atom stereocenters. The molecule has 1 fully saturated rings. The summed E-state index contributed by atoms with van der Waals surface area (Å²) in [6.45, 7) is 3.50. The quantitative estimate of drug-likeness (QED) is 0.757. The van der Waals surface area contributed by atoms with Crippen molar-refractivity contribution < 1.29 is 9.59 Å². The van der Waals surface area contributed by atoms with Gasteiger partial charge in [-0.15, -0.1) is 0 Å². The number of benzene rings is 1. The molecule has 3 amide bonds.